The van der Waals surface area contributed by atoms with E-state index in [1.165, 1.54) is 13.4 Å². The Morgan fingerprint density at radius 2 is 1.98 bits per heavy atom. The summed E-state index contributed by atoms with van der Waals surface area (Å²) in [6, 6.07) is 12.3. The van der Waals surface area contributed by atoms with E-state index >= 15 is 0 Å². The first-order valence-corrected chi connectivity index (χ1v) is 14.2. The van der Waals surface area contributed by atoms with Crippen molar-refractivity contribution in [1.29, 1.82) is 0 Å². The second-order valence-corrected chi connectivity index (χ2v) is 11.3. The van der Waals surface area contributed by atoms with E-state index in [4.69, 9.17) is 18.3 Å². The molecule has 13 heteroatoms. The minimum Gasteiger partial charge on any atom is -0.469 e. The summed E-state index contributed by atoms with van der Waals surface area (Å²) in [5, 5.41) is 19.3. The number of benzene rings is 2. The third-order valence-corrected chi connectivity index (χ3v) is 8.26. The number of hydrogen-bond donors (Lipinski definition) is 4. The van der Waals surface area contributed by atoms with Gasteiger partial charge in [0.05, 0.1) is 13.7 Å². The summed E-state index contributed by atoms with van der Waals surface area (Å²) in [6.45, 7) is 3.30. The van der Waals surface area contributed by atoms with Crippen LogP contribution in [0.2, 0.25) is 0 Å². The molecule has 2 aromatic carbocycles. The predicted molar refractivity (Wildman–Crippen MR) is 152 cm³/mol. The highest BCUT2D eigenvalue weighted by molar-refractivity contribution is 5.90. The van der Waals surface area contributed by atoms with Crippen LogP contribution in [0.5, 0.6) is 5.75 Å². The highest BCUT2D eigenvalue weighted by Gasteiger charge is 2.61. The van der Waals surface area contributed by atoms with Crippen LogP contribution in [0.4, 0.5) is 5.69 Å². The molecule has 4 atom stereocenters. The van der Waals surface area contributed by atoms with Gasteiger partial charge in [0, 0.05) is 17.7 Å². The Kier molecular flexibility index (Phi) is 6.43. The third-order valence-electron chi connectivity index (χ3n) is 8.26. The number of nitrogens with zero attached hydrogens (tertiary/aromatic N) is 2. The van der Waals surface area contributed by atoms with E-state index in [1.807, 2.05) is 42.5 Å². The fourth-order valence-electron chi connectivity index (χ4n) is 6.08. The molecule has 7 rings (SSSR count). The van der Waals surface area contributed by atoms with Gasteiger partial charge >= 0.3 is 5.97 Å². The molecule has 0 radical (unpaired) electrons. The number of fused-ring (bicyclic) bond motifs is 4. The fourth-order valence-corrected chi connectivity index (χ4v) is 6.08. The number of hydrogen-bond acceptors (Lipinski definition) is 11. The zero-order chi connectivity index (χ0) is 30.7. The average Bonchev–Trinajstić information content (AvgIpc) is 3.79. The molecule has 4 bridgehead atoms. The van der Waals surface area contributed by atoms with Crippen LogP contribution in [0.1, 0.15) is 52.7 Å². The van der Waals surface area contributed by atoms with Gasteiger partial charge in [0.25, 0.3) is 0 Å². The van der Waals surface area contributed by atoms with Crippen LogP contribution in [0.25, 0.3) is 11.6 Å². The van der Waals surface area contributed by atoms with Crippen LogP contribution in [-0.2, 0) is 32.7 Å². The van der Waals surface area contributed by atoms with Gasteiger partial charge in [-0.2, -0.15) is 0 Å². The van der Waals surface area contributed by atoms with Crippen LogP contribution in [0.3, 0.4) is 0 Å². The maximum absolute atomic E-state index is 13.4. The van der Waals surface area contributed by atoms with Crippen LogP contribution in [0, 0.1) is 5.92 Å². The average molecular weight is 600 g/mol. The summed E-state index contributed by atoms with van der Waals surface area (Å²) >= 11 is 0. The number of nitrogens with one attached hydrogen (secondary N) is 3. The number of esters is 1. The van der Waals surface area contributed by atoms with E-state index in [-0.39, 0.29) is 42.1 Å². The van der Waals surface area contributed by atoms with Crippen LogP contribution >= 0.6 is 0 Å². The third kappa shape index (κ3) is 4.14. The van der Waals surface area contributed by atoms with Crippen LogP contribution < -0.4 is 20.7 Å². The molecule has 226 valence electrons. The quantitative estimate of drug-likeness (QED) is 0.247. The van der Waals surface area contributed by atoms with Gasteiger partial charge in [0.2, 0.25) is 23.6 Å². The number of aromatic nitrogens is 2. The molecule has 3 aliphatic heterocycles. The summed E-state index contributed by atoms with van der Waals surface area (Å²) in [5.41, 5.74) is 2.27. The van der Waals surface area contributed by atoms with Gasteiger partial charge in [-0.1, -0.05) is 44.2 Å². The minimum absolute atomic E-state index is 0.0199. The Bertz CT molecular complexity index is 1810. The van der Waals surface area contributed by atoms with Crippen molar-refractivity contribution in [2.45, 2.75) is 50.6 Å². The van der Waals surface area contributed by atoms with Crippen molar-refractivity contribution in [3.8, 4) is 17.3 Å². The van der Waals surface area contributed by atoms with Crippen molar-refractivity contribution in [1.82, 2.24) is 20.6 Å². The molecule has 13 nitrogen and oxygen atoms in total. The molecule has 0 aliphatic carbocycles. The predicted octanol–water partition coefficient (Wildman–Crippen LogP) is 2.27. The molecule has 0 saturated carbocycles. The standard InChI is InChI=1S/C31H29N5O8/c1-14(2)24(37)27(39)33-19-11-15-8-9-21-17(10-15)31(16-6-4-5-7-18(16)35-30(31)43-21)25-23(36-22(44-25)12-32-26(19)38)28-34-20(13-42-28)29(40)41-3/h4-10,13-14,19,24,30,35,37H,11-12H2,1-3H3,(H,32,38)(H,33,39)/t19-,24-,30+,31?/m0/s1. The molecule has 5 heterocycles. The number of carbonyl (C=O) groups is 3. The highest BCUT2D eigenvalue weighted by Crippen LogP contribution is 2.59. The Hall–Kier alpha value is -5.17. The molecule has 44 heavy (non-hydrogen) atoms. The highest BCUT2D eigenvalue weighted by atomic mass is 16.5. The van der Waals surface area contributed by atoms with Gasteiger partial charge in [-0.05, 0) is 29.2 Å². The number of anilines is 1. The van der Waals surface area contributed by atoms with Gasteiger partial charge in [-0.25, -0.2) is 14.8 Å². The Morgan fingerprint density at radius 3 is 2.77 bits per heavy atom. The Morgan fingerprint density at radius 1 is 1.16 bits per heavy atom. The number of ether oxygens (including phenoxy) is 2. The SMILES string of the molecule is COC(=O)c1coc(-c2nc3oc2C24c5ccccc5N[C@@H]2Oc2ccc(cc24)C[C@H](NC(=O)[C@@H](O)C(C)C)C(=O)NC3)n1. The van der Waals surface area contributed by atoms with Gasteiger partial charge in [-0.15, -0.1) is 0 Å². The maximum atomic E-state index is 13.4. The van der Waals surface area contributed by atoms with Crippen LogP contribution in [-0.4, -0.2) is 58.3 Å². The van der Waals surface area contributed by atoms with Crippen molar-refractivity contribution < 1.29 is 37.8 Å². The fraction of sp³-hybridized carbons (Fsp3) is 0.323. The molecule has 1 unspecified atom stereocenters. The number of aliphatic hydroxyl groups excluding tert-OH is 1. The lowest BCUT2D eigenvalue weighted by atomic mass is 9.72. The molecule has 1 spiro atoms. The van der Waals surface area contributed by atoms with E-state index in [2.05, 4.69) is 25.9 Å². The molecule has 2 amide bonds. The number of rotatable bonds is 5. The first-order chi connectivity index (χ1) is 21.2. The van der Waals surface area contributed by atoms with Crippen LogP contribution in [0.15, 0.2) is 57.6 Å². The number of oxazole rings is 2. The summed E-state index contributed by atoms with van der Waals surface area (Å²) in [5.74, 6) is -1.06. The van der Waals surface area contributed by atoms with E-state index in [0.717, 1.165) is 22.4 Å². The molecule has 4 N–H and O–H groups in total. The van der Waals surface area contributed by atoms with E-state index < -0.39 is 41.6 Å². The monoisotopic (exact) mass is 599 g/mol. The first-order valence-electron chi connectivity index (χ1n) is 14.2. The van der Waals surface area contributed by atoms with Crippen molar-refractivity contribution in [3.05, 3.63) is 82.8 Å². The van der Waals surface area contributed by atoms with Crippen molar-refractivity contribution >= 4 is 23.5 Å². The van der Waals surface area contributed by atoms with Gasteiger partial charge < -0.3 is 39.4 Å². The Labute approximate surface area is 251 Å². The maximum Gasteiger partial charge on any atom is 0.360 e. The lowest BCUT2D eigenvalue weighted by Crippen LogP contribution is -2.51. The van der Waals surface area contributed by atoms with Crippen molar-refractivity contribution in [2.75, 3.05) is 12.4 Å². The number of aliphatic hydroxyl groups is 1. The number of carbonyl (C=O) groups excluding carboxylic acids is 3. The summed E-state index contributed by atoms with van der Waals surface area (Å²) in [4.78, 5) is 47.5. The molecular weight excluding hydrogens is 570 g/mol. The second kappa shape index (κ2) is 10.2. The van der Waals surface area contributed by atoms with Gasteiger partial charge in [0.1, 0.15) is 29.6 Å². The van der Waals surface area contributed by atoms with E-state index in [9.17, 15) is 19.5 Å². The van der Waals surface area contributed by atoms with E-state index in [1.54, 1.807) is 13.8 Å². The molecule has 4 aromatic rings. The molecule has 0 fully saturated rings. The number of para-hydroxylation sites is 1. The Balaban J connectivity index is 1.42. The lowest BCUT2D eigenvalue weighted by molar-refractivity contribution is -0.135. The summed E-state index contributed by atoms with van der Waals surface area (Å²) in [6.07, 6.45) is -0.599. The number of amides is 2. The van der Waals surface area contributed by atoms with Crippen molar-refractivity contribution in [3.63, 3.8) is 0 Å². The molecule has 0 saturated heterocycles. The normalized spacial score (nSPS) is 22.0. The topological polar surface area (TPSA) is 178 Å². The minimum atomic E-state index is -1.28. The zero-order valence-electron chi connectivity index (χ0n) is 24.0. The summed E-state index contributed by atoms with van der Waals surface area (Å²) < 4.78 is 23.5. The van der Waals surface area contributed by atoms with Gasteiger partial charge in [0.15, 0.2) is 23.4 Å². The number of methoxy groups -OCH3 is 1. The summed E-state index contributed by atoms with van der Waals surface area (Å²) in [7, 11) is 1.24. The smallest absolute Gasteiger partial charge is 0.360 e. The lowest BCUT2D eigenvalue weighted by Gasteiger charge is -2.27. The van der Waals surface area contributed by atoms with Gasteiger partial charge in [-0.3, -0.25) is 9.59 Å². The zero-order valence-corrected chi connectivity index (χ0v) is 24.0. The molecule has 2 aromatic heterocycles. The molecule has 3 aliphatic rings. The van der Waals surface area contributed by atoms with E-state index in [0.29, 0.717) is 11.5 Å². The van der Waals surface area contributed by atoms with Crippen molar-refractivity contribution in [2.24, 2.45) is 5.92 Å². The second-order valence-electron chi connectivity index (χ2n) is 11.3. The molecular formula is C31H29N5O8. The first kappa shape index (κ1) is 27.7. The largest absolute Gasteiger partial charge is 0.469 e.